The Morgan fingerprint density at radius 3 is 2.41 bits per heavy atom. The number of nitrogens with zero attached hydrogens (tertiary/aromatic N) is 1. The largest absolute Gasteiger partial charge is 0.508 e. The van der Waals surface area contributed by atoms with E-state index in [9.17, 15) is 5.11 Å². The van der Waals surface area contributed by atoms with Gasteiger partial charge in [-0.15, -0.1) is 0 Å². The number of anilines is 1. The van der Waals surface area contributed by atoms with Crippen LogP contribution in [0, 0.1) is 0 Å². The van der Waals surface area contributed by atoms with Crippen molar-refractivity contribution in [3.63, 3.8) is 0 Å². The lowest BCUT2D eigenvalue weighted by molar-refractivity contribution is 0.454. The molecule has 0 aliphatic carbocycles. The zero-order chi connectivity index (χ0) is 13.0. The highest BCUT2D eigenvalue weighted by atomic mass is 16.3. The van der Waals surface area contributed by atoms with Gasteiger partial charge in [-0.3, -0.25) is 0 Å². The van der Waals surface area contributed by atoms with E-state index in [0.29, 0.717) is 11.8 Å². The highest BCUT2D eigenvalue weighted by Gasteiger charge is 2.12. The predicted molar refractivity (Wildman–Crippen MR) is 73.7 cm³/mol. The summed E-state index contributed by atoms with van der Waals surface area (Å²) in [6, 6.07) is 6.49. The van der Waals surface area contributed by atoms with Crippen LogP contribution in [0.3, 0.4) is 0 Å². The van der Waals surface area contributed by atoms with Crippen molar-refractivity contribution in [2.45, 2.75) is 39.8 Å². The number of hydrogen-bond donors (Lipinski definition) is 2. The zero-order valence-corrected chi connectivity index (χ0v) is 11.5. The Hall–Kier alpha value is -1.22. The quantitative estimate of drug-likeness (QED) is 0.825. The number of phenols is 1. The summed E-state index contributed by atoms with van der Waals surface area (Å²) >= 11 is 0. The lowest BCUT2D eigenvalue weighted by Gasteiger charge is -2.25. The van der Waals surface area contributed by atoms with Crippen molar-refractivity contribution < 1.29 is 5.11 Å². The van der Waals surface area contributed by atoms with E-state index >= 15 is 0 Å². The van der Waals surface area contributed by atoms with Crippen LogP contribution in [0.1, 0.15) is 39.3 Å². The molecule has 0 saturated carbocycles. The van der Waals surface area contributed by atoms with Gasteiger partial charge in [0.2, 0.25) is 0 Å². The molecule has 0 bridgehead atoms. The van der Waals surface area contributed by atoms with Crippen LogP contribution in [0.5, 0.6) is 5.75 Å². The maximum absolute atomic E-state index is 10.1. The second kappa shape index (κ2) is 5.92. The third-order valence-electron chi connectivity index (χ3n) is 3.17. The van der Waals surface area contributed by atoms with Gasteiger partial charge in [0.15, 0.2) is 0 Å². The molecule has 96 valence electrons. The van der Waals surface area contributed by atoms with Crippen LogP contribution < -0.4 is 10.2 Å². The maximum Gasteiger partial charge on any atom is 0.122 e. The summed E-state index contributed by atoms with van der Waals surface area (Å²) < 4.78 is 0. The van der Waals surface area contributed by atoms with Gasteiger partial charge in [0.25, 0.3) is 0 Å². The van der Waals surface area contributed by atoms with Crippen LogP contribution >= 0.6 is 0 Å². The number of aromatic hydroxyl groups is 1. The molecular weight excluding hydrogens is 212 g/mol. The molecule has 0 aliphatic heterocycles. The van der Waals surface area contributed by atoms with Gasteiger partial charge in [0.1, 0.15) is 5.75 Å². The van der Waals surface area contributed by atoms with E-state index in [2.05, 4.69) is 44.0 Å². The van der Waals surface area contributed by atoms with Gasteiger partial charge in [-0.1, -0.05) is 13.0 Å². The molecule has 1 aromatic rings. The monoisotopic (exact) mass is 236 g/mol. The molecule has 1 aromatic carbocycles. The molecule has 0 amide bonds. The average Bonchev–Trinajstić information content (AvgIpc) is 2.27. The Labute approximate surface area is 104 Å². The molecule has 0 aromatic heterocycles. The number of rotatable bonds is 5. The van der Waals surface area contributed by atoms with Crippen LogP contribution in [0.2, 0.25) is 0 Å². The molecule has 1 unspecified atom stereocenters. The van der Waals surface area contributed by atoms with Crippen molar-refractivity contribution in [3.05, 3.63) is 23.8 Å². The lowest BCUT2D eigenvalue weighted by Crippen LogP contribution is -2.25. The van der Waals surface area contributed by atoms with Crippen molar-refractivity contribution >= 4 is 5.69 Å². The molecule has 0 heterocycles. The van der Waals surface area contributed by atoms with Crippen molar-refractivity contribution in [2.24, 2.45) is 0 Å². The van der Waals surface area contributed by atoms with Gasteiger partial charge in [-0.05, 0) is 33.4 Å². The highest BCUT2D eigenvalue weighted by molar-refractivity contribution is 5.54. The molecule has 0 aliphatic rings. The maximum atomic E-state index is 10.1. The summed E-state index contributed by atoms with van der Waals surface area (Å²) in [5, 5.41) is 13.4. The van der Waals surface area contributed by atoms with Crippen LogP contribution in [0.25, 0.3) is 0 Å². The number of nitrogens with one attached hydrogen (secondary N) is 1. The minimum Gasteiger partial charge on any atom is -0.508 e. The van der Waals surface area contributed by atoms with E-state index in [1.54, 1.807) is 0 Å². The molecule has 0 fully saturated rings. The first-order chi connectivity index (χ1) is 7.97. The van der Waals surface area contributed by atoms with E-state index in [1.165, 1.54) is 0 Å². The fraction of sp³-hybridized carbons (Fsp3) is 0.571. The van der Waals surface area contributed by atoms with E-state index in [0.717, 1.165) is 17.8 Å². The van der Waals surface area contributed by atoms with E-state index in [-0.39, 0.29) is 6.04 Å². The molecule has 0 saturated heterocycles. The van der Waals surface area contributed by atoms with Gasteiger partial charge in [-0.25, -0.2) is 0 Å². The minimum atomic E-state index is 0.179. The Bertz CT molecular complexity index is 363. The number of hydrogen-bond acceptors (Lipinski definition) is 3. The second-order valence-corrected chi connectivity index (χ2v) is 4.73. The van der Waals surface area contributed by atoms with E-state index < -0.39 is 0 Å². The molecule has 17 heavy (non-hydrogen) atoms. The normalized spacial score (nSPS) is 12.8. The fourth-order valence-corrected chi connectivity index (χ4v) is 1.83. The predicted octanol–water partition coefficient (Wildman–Crippen LogP) is 2.91. The van der Waals surface area contributed by atoms with Crippen molar-refractivity contribution in [1.82, 2.24) is 5.32 Å². The summed E-state index contributed by atoms with van der Waals surface area (Å²) in [4.78, 5) is 2.14. The average molecular weight is 236 g/mol. The minimum absolute atomic E-state index is 0.179. The summed E-state index contributed by atoms with van der Waals surface area (Å²) in [5.41, 5.74) is 2.00. The summed E-state index contributed by atoms with van der Waals surface area (Å²) in [6.45, 7) is 9.28. The van der Waals surface area contributed by atoms with Gasteiger partial charge < -0.3 is 15.3 Å². The molecule has 0 spiro atoms. The Morgan fingerprint density at radius 1 is 1.29 bits per heavy atom. The third-order valence-corrected chi connectivity index (χ3v) is 3.17. The Kier molecular flexibility index (Phi) is 4.82. The number of benzene rings is 1. The molecule has 2 N–H and O–H groups in total. The van der Waals surface area contributed by atoms with Crippen LogP contribution in [0.15, 0.2) is 18.2 Å². The first-order valence-electron chi connectivity index (χ1n) is 6.26. The van der Waals surface area contributed by atoms with Crippen molar-refractivity contribution in [1.29, 1.82) is 0 Å². The topological polar surface area (TPSA) is 35.5 Å². The van der Waals surface area contributed by atoms with E-state index in [1.807, 2.05) is 19.2 Å². The lowest BCUT2D eigenvalue weighted by atomic mass is 10.1. The third kappa shape index (κ3) is 3.37. The Morgan fingerprint density at radius 2 is 1.94 bits per heavy atom. The summed E-state index contributed by atoms with van der Waals surface area (Å²) in [6.07, 6.45) is 0. The standard InChI is InChI=1S/C14H24N2O/c1-6-15-11(4)13-8-7-12(9-14(13)17)16(5)10(2)3/h7-11,15,17H,6H2,1-5H3. The van der Waals surface area contributed by atoms with Gasteiger partial charge in [0.05, 0.1) is 0 Å². The molecule has 3 heteroatoms. The molecule has 1 rings (SSSR count). The highest BCUT2D eigenvalue weighted by Crippen LogP contribution is 2.29. The van der Waals surface area contributed by atoms with Gasteiger partial charge in [-0.2, -0.15) is 0 Å². The first-order valence-corrected chi connectivity index (χ1v) is 6.26. The molecular formula is C14H24N2O. The second-order valence-electron chi connectivity index (χ2n) is 4.73. The molecule has 0 radical (unpaired) electrons. The van der Waals surface area contributed by atoms with Crippen LogP contribution in [-0.4, -0.2) is 24.7 Å². The van der Waals surface area contributed by atoms with Gasteiger partial charge >= 0.3 is 0 Å². The molecule has 3 nitrogen and oxygen atoms in total. The molecule has 1 atom stereocenters. The zero-order valence-electron chi connectivity index (χ0n) is 11.5. The van der Waals surface area contributed by atoms with Gasteiger partial charge in [0, 0.05) is 36.4 Å². The fourth-order valence-electron chi connectivity index (χ4n) is 1.83. The van der Waals surface area contributed by atoms with E-state index in [4.69, 9.17) is 0 Å². The number of phenolic OH excluding ortho intramolecular Hbond substituents is 1. The Balaban J connectivity index is 2.93. The SMILES string of the molecule is CCNC(C)c1ccc(N(C)C(C)C)cc1O. The van der Waals surface area contributed by atoms with Crippen LogP contribution in [-0.2, 0) is 0 Å². The summed E-state index contributed by atoms with van der Waals surface area (Å²) in [7, 11) is 2.03. The van der Waals surface area contributed by atoms with Crippen LogP contribution in [0.4, 0.5) is 5.69 Å². The van der Waals surface area contributed by atoms with Crippen molar-refractivity contribution in [3.8, 4) is 5.75 Å². The summed E-state index contributed by atoms with van der Waals surface area (Å²) in [5.74, 6) is 0.364. The smallest absolute Gasteiger partial charge is 0.122 e. The van der Waals surface area contributed by atoms with Crippen molar-refractivity contribution in [2.75, 3.05) is 18.5 Å². The first kappa shape index (κ1) is 13.8.